The summed E-state index contributed by atoms with van der Waals surface area (Å²) < 4.78 is 0. The average molecular weight is 213 g/mol. The Morgan fingerprint density at radius 2 is 2.36 bits per heavy atom. The highest BCUT2D eigenvalue weighted by atomic mass is 32.1. The summed E-state index contributed by atoms with van der Waals surface area (Å²) in [7, 11) is 0. The van der Waals surface area contributed by atoms with Crippen LogP contribution in [0.4, 0.5) is 4.79 Å². The summed E-state index contributed by atoms with van der Waals surface area (Å²) in [5.74, 6) is 4.96. The SMILES string of the molecule is CC(C)(CNC(=O)NN)c1cccs1. The fraction of sp³-hybridized carbons (Fsp3) is 0.444. The molecule has 0 saturated carbocycles. The minimum absolute atomic E-state index is 0.0549. The second kappa shape index (κ2) is 4.43. The zero-order valence-corrected chi connectivity index (χ0v) is 9.15. The number of thiophene rings is 1. The van der Waals surface area contributed by atoms with Crippen molar-refractivity contribution in [2.24, 2.45) is 5.84 Å². The molecule has 1 heterocycles. The molecule has 0 fully saturated rings. The molecule has 0 aromatic carbocycles. The monoisotopic (exact) mass is 213 g/mol. The number of carbonyl (C=O) groups excluding carboxylic acids is 1. The summed E-state index contributed by atoms with van der Waals surface area (Å²) >= 11 is 1.69. The van der Waals surface area contributed by atoms with Crippen molar-refractivity contribution in [1.82, 2.24) is 10.7 Å². The lowest BCUT2D eigenvalue weighted by atomic mass is 9.91. The first-order valence-electron chi connectivity index (χ1n) is 4.35. The van der Waals surface area contributed by atoms with Gasteiger partial charge in [-0.1, -0.05) is 19.9 Å². The van der Waals surface area contributed by atoms with Crippen LogP contribution in [0.15, 0.2) is 17.5 Å². The molecular weight excluding hydrogens is 198 g/mol. The molecule has 1 rings (SSSR count). The lowest BCUT2D eigenvalue weighted by Crippen LogP contribution is -2.44. The van der Waals surface area contributed by atoms with E-state index in [-0.39, 0.29) is 11.4 Å². The molecule has 0 spiro atoms. The largest absolute Gasteiger partial charge is 0.336 e. The van der Waals surface area contributed by atoms with E-state index >= 15 is 0 Å². The van der Waals surface area contributed by atoms with Crippen LogP contribution in [-0.4, -0.2) is 12.6 Å². The third-order valence-electron chi connectivity index (χ3n) is 2.01. The van der Waals surface area contributed by atoms with Crippen molar-refractivity contribution in [1.29, 1.82) is 0 Å². The van der Waals surface area contributed by atoms with Crippen LogP contribution in [0.25, 0.3) is 0 Å². The fourth-order valence-electron chi connectivity index (χ4n) is 1.10. The summed E-state index contributed by atoms with van der Waals surface area (Å²) in [6.07, 6.45) is 0. The molecule has 4 N–H and O–H groups in total. The maximum atomic E-state index is 10.9. The predicted octanol–water partition coefficient (Wildman–Crippen LogP) is 1.20. The van der Waals surface area contributed by atoms with Crippen LogP contribution in [0.3, 0.4) is 0 Å². The van der Waals surface area contributed by atoms with Gasteiger partial charge in [-0.3, -0.25) is 5.43 Å². The Kier molecular flexibility index (Phi) is 3.49. The molecule has 0 atom stereocenters. The Morgan fingerprint density at radius 3 is 2.86 bits per heavy atom. The van der Waals surface area contributed by atoms with Crippen LogP contribution in [0.5, 0.6) is 0 Å². The van der Waals surface area contributed by atoms with E-state index in [4.69, 9.17) is 5.84 Å². The van der Waals surface area contributed by atoms with Crippen molar-refractivity contribution in [3.05, 3.63) is 22.4 Å². The van der Waals surface area contributed by atoms with E-state index in [1.807, 2.05) is 16.9 Å². The maximum Gasteiger partial charge on any atom is 0.328 e. The molecule has 0 unspecified atom stereocenters. The van der Waals surface area contributed by atoms with Crippen LogP contribution in [-0.2, 0) is 5.41 Å². The molecule has 0 radical (unpaired) electrons. The van der Waals surface area contributed by atoms with E-state index < -0.39 is 0 Å². The van der Waals surface area contributed by atoms with E-state index in [2.05, 4.69) is 25.2 Å². The summed E-state index contributed by atoms with van der Waals surface area (Å²) in [6.45, 7) is 4.72. The lowest BCUT2D eigenvalue weighted by molar-refractivity contribution is 0.238. The molecule has 0 aliphatic rings. The maximum absolute atomic E-state index is 10.9. The molecule has 1 aromatic rings. The lowest BCUT2D eigenvalue weighted by Gasteiger charge is -2.23. The van der Waals surface area contributed by atoms with E-state index in [1.165, 1.54) is 4.88 Å². The summed E-state index contributed by atoms with van der Waals surface area (Å²) in [5.41, 5.74) is 1.98. The van der Waals surface area contributed by atoms with Gasteiger partial charge in [0.1, 0.15) is 0 Å². The number of carbonyl (C=O) groups is 1. The van der Waals surface area contributed by atoms with Gasteiger partial charge in [0.15, 0.2) is 0 Å². The van der Waals surface area contributed by atoms with Gasteiger partial charge < -0.3 is 5.32 Å². The third-order valence-corrected chi connectivity index (χ3v) is 3.25. The van der Waals surface area contributed by atoms with Gasteiger partial charge in [0, 0.05) is 16.8 Å². The summed E-state index contributed by atoms with van der Waals surface area (Å²) in [6, 6.07) is 3.71. The van der Waals surface area contributed by atoms with E-state index in [1.54, 1.807) is 11.3 Å². The second-order valence-corrected chi connectivity index (χ2v) is 4.64. The van der Waals surface area contributed by atoms with Gasteiger partial charge in [0.05, 0.1) is 0 Å². The molecule has 2 amide bonds. The van der Waals surface area contributed by atoms with Crippen molar-refractivity contribution in [2.75, 3.05) is 6.54 Å². The van der Waals surface area contributed by atoms with Gasteiger partial charge in [-0.25, -0.2) is 10.6 Å². The van der Waals surface area contributed by atoms with Gasteiger partial charge in [0.2, 0.25) is 0 Å². The first kappa shape index (κ1) is 11.0. The van der Waals surface area contributed by atoms with Crippen LogP contribution in [0.1, 0.15) is 18.7 Å². The van der Waals surface area contributed by atoms with Gasteiger partial charge in [-0.05, 0) is 11.4 Å². The number of nitrogens with one attached hydrogen (secondary N) is 2. The number of nitrogens with two attached hydrogens (primary N) is 1. The van der Waals surface area contributed by atoms with Crippen molar-refractivity contribution in [3.63, 3.8) is 0 Å². The molecular formula is C9H15N3OS. The molecule has 4 nitrogen and oxygen atoms in total. The van der Waals surface area contributed by atoms with Gasteiger partial charge in [0.25, 0.3) is 0 Å². The van der Waals surface area contributed by atoms with E-state index in [9.17, 15) is 4.79 Å². The molecule has 0 saturated heterocycles. The summed E-state index contributed by atoms with van der Waals surface area (Å²) in [4.78, 5) is 12.1. The molecule has 0 bridgehead atoms. The van der Waals surface area contributed by atoms with Gasteiger partial charge >= 0.3 is 6.03 Å². The molecule has 0 aliphatic carbocycles. The first-order chi connectivity index (χ1) is 6.56. The van der Waals surface area contributed by atoms with Crippen molar-refractivity contribution < 1.29 is 4.79 Å². The molecule has 78 valence electrons. The number of rotatable bonds is 3. The molecule has 14 heavy (non-hydrogen) atoms. The number of hydrazine groups is 1. The predicted molar refractivity (Wildman–Crippen MR) is 58.1 cm³/mol. The standard InChI is InChI=1S/C9H15N3OS/c1-9(2,6-11-8(13)12-10)7-4-3-5-14-7/h3-5H,6,10H2,1-2H3,(H2,11,12,13). The van der Waals surface area contributed by atoms with E-state index in [0.29, 0.717) is 6.54 Å². The molecule has 1 aromatic heterocycles. The number of amides is 2. The highest BCUT2D eigenvalue weighted by molar-refractivity contribution is 7.10. The zero-order valence-electron chi connectivity index (χ0n) is 8.33. The number of urea groups is 1. The fourth-order valence-corrected chi connectivity index (χ4v) is 1.96. The number of hydrogen-bond donors (Lipinski definition) is 3. The van der Waals surface area contributed by atoms with Gasteiger partial charge in [-0.15, -0.1) is 11.3 Å². The van der Waals surface area contributed by atoms with Gasteiger partial charge in [-0.2, -0.15) is 0 Å². The average Bonchev–Trinajstić information content (AvgIpc) is 2.67. The van der Waals surface area contributed by atoms with Crippen LogP contribution in [0, 0.1) is 0 Å². The Morgan fingerprint density at radius 1 is 1.64 bits per heavy atom. The summed E-state index contributed by atoms with van der Waals surface area (Å²) in [5, 5.41) is 4.72. The number of hydrogen-bond acceptors (Lipinski definition) is 3. The Balaban J connectivity index is 2.54. The quantitative estimate of drug-likeness (QED) is 0.401. The van der Waals surface area contributed by atoms with Crippen LogP contribution in [0.2, 0.25) is 0 Å². The second-order valence-electron chi connectivity index (χ2n) is 3.69. The Bertz CT molecular complexity index is 295. The zero-order chi connectivity index (χ0) is 10.6. The molecule has 0 aliphatic heterocycles. The highest BCUT2D eigenvalue weighted by Gasteiger charge is 2.21. The minimum atomic E-state index is -0.352. The van der Waals surface area contributed by atoms with E-state index in [0.717, 1.165) is 0 Å². The molecule has 5 heteroatoms. The highest BCUT2D eigenvalue weighted by Crippen LogP contribution is 2.26. The minimum Gasteiger partial charge on any atom is -0.336 e. The first-order valence-corrected chi connectivity index (χ1v) is 5.22. The smallest absolute Gasteiger partial charge is 0.328 e. The van der Waals surface area contributed by atoms with Crippen molar-refractivity contribution in [2.45, 2.75) is 19.3 Å². The Hall–Kier alpha value is -1.07. The van der Waals surface area contributed by atoms with Crippen molar-refractivity contribution in [3.8, 4) is 0 Å². The normalized spacial score (nSPS) is 11.1. The third kappa shape index (κ3) is 2.71. The Labute approximate surface area is 87.5 Å². The van der Waals surface area contributed by atoms with Crippen molar-refractivity contribution >= 4 is 17.4 Å². The van der Waals surface area contributed by atoms with Crippen LogP contribution >= 0.6 is 11.3 Å². The topological polar surface area (TPSA) is 67.2 Å². The van der Waals surface area contributed by atoms with Crippen LogP contribution < -0.4 is 16.6 Å².